The SMILES string of the molecule is CCOP(=O)(OCC)Oc1c(F)c(F)c(F)c(S(=O)(=O)O)c1F. The molecule has 1 aromatic rings. The summed E-state index contributed by atoms with van der Waals surface area (Å²) in [6, 6.07) is 0. The number of hydrogen-bond donors (Lipinski definition) is 1. The maximum Gasteiger partial charge on any atom is 0.530 e. The number of phosphoric acid groups is 1. The second kappa shape index (κ2) is 7.14. The Morgan fingerprint density at radius 3 is 1.83 bits per heavy atom. The topological polar surface area (TPSA) is 99.1 Å². The molecule has 0 saturated heterocycles. The van der Waals surface area contributed by atoms with Gasteiger partial charge >= 0.3 is 17.9 Å². The number of phosphoric ester groups is 1. The molecule has 0 amide bonds. The van der Waals surface area contributed by atoms with Gasteiger partial charge in [0.05, 0.1) is 13.2 Å². The van der Waals surface area contributed by atoms with Crippen molar-refractivity contribution in [2.75, 3.05) is 13.2 Å². The first-order valence-electron chi connectivity index (χ1n) is 5.90. The molecule has 0 radical (unpaired) electrons. The molecule has 0 aliphatic carbocycles. The summed E-state index contributed by atoms with van der Waals surface area (Å²) in [4.78, 5) is -2.20. The van der Waals surface area contributed by atoms with Crippen LogP contribution in [0, 0.1) is 23.3 Å². The third-order valence-electron chi connectivity index (χ3n) is 2.22. The highest BCUT2D eigenvalue weighted by Crippen LogP contribution is 2.51. The van der Waals surface area contributed by atoms with Gasteiger partial charge in [-0.05, 0) is 13.8 Å². The summed E-state index contributed by atoms with van der Waals surface area (Å²) in [7, 11) is -10.3. The number of benzene rings is 1. The molecule has 0 aromatic heterocycles. The molecule has 0 aliphatic heterocycles. The van der Waals surface area contributed by atoms with Crippen LogP contribution in [0.5, 0.6) is 5.75 Å². The highest BCUT2D eigenvalue weighted by molar-refractivity contribution is 7.85. The van der Waals surface area contributed by atoms with E-state index >= 15 is 0 Å². The van der Waals surface area contributed by atoms with E-state index in [9.17, 15) is 30.5 Å². The van der Waals surface area contributed by atoms with Gasteiger partial charge in [0.2, 0.25) is 11.6 Å². The van der Waals surface area contributed by atoms with Crippen LogP contribution >= 0.6 is 7.82 Å². The molecule has 0 aliphatic rings. The van der Waals surface area contributed by atoms with Gasteiger partial charge in [0.1, 0.15) is 0 Å². The molecule has 0 heterocycles. The summed E-state index contributed by atoms with van der Waals surface area (Å²) in [5.41, 5.74) is 0. The zero-order valence-electron chi connectivity index (χ0n) is 11.7. The molecule has 0 fully saturated rings. The molecule has 23 heavy (non-hydrogen) atoms. The average Bonchev–Trinajstić information content (AvgIpc) is 2.40. The first-order chi connectivity index (χ1) is 10.5. The maximum atomic E-state index is 13.9. The van der Waals surface area contributed by atoms with E-state index in [1.54, 1.807) is 0 Å². The molecule has 1 N–H and O–H groups in total. The van der Waals surface area contributed by atoms with E-state index < -0.39 is 51.9 Å². The van der Waals surface area contributed by atoms with E-state index in [0.717, 1.165) is 0 Å². The fraction of sp³-hybridized carbons (Fsp3) is 0.400. The molecule has 0 atom stereocenters. The monoisotopic (exact) mass is 382 g/mol. The predicted molar refractivity (Wildman–Crippen MR) is 67.6 cm³/mol. The lowest BCUT2D eigenvalue weighted by Gasteiger charge is -2.18. The summed E-state index contributed by atoms with van der Waals surface area (Å²) < 4.78 is 110. The second-order valence-electron chi connectivity index (χ2n) is 3.76. The second-order valence-corrected chi connectivity index (χ2v) is 6.72. The maximum absolute atomic E-state index is 13.9. The Morgan fingerprint density at radius 2 is 1.43 bits per heavy atom. The zero-order valence-corrected chi connectivity index (χ0v) is 13.4. The minimum absolute atomic E-state index is 0.310. The van der Waals surface area contributed by atoms with Crippen LogP contribution < -0.4 is 4.52 Å². The van der Waals surface area contributed by atoms with Gasteiger partial charge in [-0.1, -0.05) is 0 Å². The third-order valence-corrected chi connectivity index (χ3v) is 4.65. The Kier molecular flexibility index (Phi) is 6.16. The highest BCUT2D eigenvalue weighted by atomic mass is 32.2. The van der Waals surface area contributed by atoms with Crippen molar-refractivity contribution in [3.63, 3.8) is 0 Å². The molecule has 0 unspecified atom stereocenters. The van der Waals surface area contributed by atoms with E-state index in [-0.39, 0.29) is 13.2 Å². The molecule has 1 aromatic carbocycles. The van der Waals surface area contributed by atoms with Crippen molar-refractivity contribution >= 4 is 17.9 Å². The van der Waals surface area contributed by atoms with E-state index in [1.807, 2.05) is 0 Å². The Morgan fingerprint density at radius 1 is 0.957 bits per heavy atom. The lowest BCUT2D eigenvalue weighted by molar-refractivity contribution is 0.162. The number of hydrogen-bond acceptors (Lipinski definition) is 6. The molecule has 7 nitrogen and oxygen atoms in total. The molecule has 0 saturated carbocycles. The zero-order chi connectivity index (χ0) is 18.0. The fourth-order valence-corrected chi connectivity index (χ4v) is 3.25. The highest BCUT2D eigenvalue weighted by Gasteiger charge is 2.37. The lowest BCUT2D eigenvalue weighted by atomic mass is 10.3. The predicted octanol–water partition coefficient (Wildman–Crippen LogP) is 3.05. The summed E-state index contributed by atoms with van der Waals surface area (Å²) in [5.74, 6) is -11.5. The normalized spacial score (nSPS) is 12.5. The Labute approximate surface area is 128 Å². The van der Waals surface area contributed by atoms with Gasteiger partial charge in [-0.3, -0.25) is 13.6 Å². The van der Waals surface area contributed by atoms with Gasteiger partial charge in [0.25, 0.3) is 0 Å². The van der Waals surface area contributed by atoms with Crippen molar-refractivity contribution in [2.45, 2.75) is 18.7 Å². The summed E-state index contributed by atoms with van der Waals surface area (Å²) in [6.07, 6.45) is 0. The minimum atomic E-state index is -5.61. The Bertz CT molecular complexity index is 742. The molecule has 132 valence electrons. The smallest absolute Gasteiger partial charge is 0.398 e. The number of rotatable bonds is 7. The fourth-order valence-electron chi connectivity index (χ4n) is 1.42. The van der Waals surface area contributed by atoms with Crippen LogP contribution in [0.25, 0.3) is 0 Å². The molecule has 0 bridgehead atoms. The van der Waals surface area contributed by atoms with E-state index in [0.29, 0.717) is 0 Å². The van der Waals surface area contributed by atoms with Gasteiger partial charge in [0.15, 0.2) is 22.3 Å². The molecular weight excluding hydrogens is 371 g/mol. The van der Waals surface area contributed by atoms with Crippen molar-refractivity contribution in [2.24, 2.45) is 0 Å². The third kappa shape index (κ3) is 4.21. The quantitative estimate of drug-likeness (QED) is 0.254. The van der Waals surface area contributed by atoms with Crippen LogP contribution in [0.1, 0.15) is 13.8 Å². The Hall–Kier alpha value is -1.20. The number of halogens is 4. The Balaban J connectivity index is 3.60. The van der Waals surface area contributed by atoms with Gasteiger partial charge in [-0.15, -0.1) is 0 Å². The lowest BCUT2D eigenvalue weighted by Crippen LogP contribution is -2.13. The van der Waals surface area contributed by atoms with Crippen LogP contribution in [-0.4, -0.2) is 26.2 Å². The van der Waals surface area contributed by atoms with Crippen molar-refractivity contribution in [1.82, 2.24) is 0 Å². The first-order valence-corrected chi connectivity index (χ1v) is 8.80. The van der Waals surface area contributed by atoms with Gasteiger partial charge in [-0.2, -0.15) is 12.8 Å². The molecule has 13 heteroatoms. The van der Waals surface area contributed by atoms with E-state index in [4.69, 9.17) is 4.55 Å². The van der Waals surface area contributed by atoms with Crippen molar-refractivity contribution in [3.8, 4) is 5.75 Å². The molecular formula is C10H11F4O7PS. The summed E-state index contributed by atoms with van der Waals surface area (Å²) in [6.45, 7) is 2.01. The van der Waals surface area contributed by atoms with Gasteiger partial charge < -0.3 is 4.52 Å². The van der Waals surface area contributed by atoms with Crippen LogP contribution in [-0.2, 0) is 23.7 Å². The summed E-state index contributed by atoms with van der Waals surface area (Å²) >= 11 is 0. The van der Waals surface area contributed by atoms with Crippen LogP contribution in [0.2, 0.25) is 0 Å². The van der Waals surface area contributed by atoms with E-state index in [1.165, 1.54) is 13.8 Å². The van der Waals surface area contributed by atoms with Gasteiger partial charge in [0, 0.05) is 0 Å². The average molecular weight is 382 g/mol. The van der Waals surface area contributed by atoms with Gasteiger partial charge in [-0.25, -0.2) is 17.7 Å². The minimum Gasteiger partial charge on any atom is -0.398 e. The molecule has 0 spiro atoms. The molecule has 1 rings (SSSR count). The van der Waals surface area contributed by atoms with Crippen LogP contribution in [0.4, 0.5) is 17.6 Å². The largest absolute Gasteiger partial charge is 0.530 e. The van der Waals surface area contributed by atoms with Crippen LogP contribution in [0.3, 0.4) is 0 Å². The van der Waals surface area contributed by atoms with Crippen molar-refractivity contribution in [3.05, 3.63) is 23.3 Å². The first kappa shape index (κ1) is 19.8. The van der Waals surface area contributed by atoms with Crippen molar-refractivity contribution < 1.29 is 48.7 Å². The summed E-state index contributed by atoms with van der Waals surface area (Å²) in [5, 5.41) is 0. The van der Waals surface area contributed by atoms with Crippen LogP contribution in [0.15, 0.2) is 4.90 Å². The van der Waals surface area contributed by atoms with Crippen molar-refractivity contribution in [1.29, 1.82) is 0 Å². The standard InChI is InChI=1S/C10H11F4O7PS/c1-3-19-22(15,20-4-2)21-9-6(12)5(11)7(13)10(8(9)14)23(16,17)18/h3-4H2,1-2H3,(H,16,17,18). The van der Waals surface area contributed by atoms with E-state index in [2.05, 4.69) is 13.6 Å².